The largest absolute Gasteiger partial charge is 0.391 e. The molecular formula is C11H20N2O2. The molecule has 1 heterocycles. The minimum atomic E-state index is -0.328. The fourth-order valence-corrected chi connectivity index (χ4v) is 2.09. The van der Waals surface area contributed by atoms with Crippen molar-refractivity contribution >= 4 is 5.91 Å². The van der Waals surface area contributed by atoms with Crippen molar-refractivity contribution in [2.24, 2.45) is 5.92 Å². The van der Waals surface area contributed by atoms with E-state index in [2.05, 4.69) is 10.6 Å². The summed E-state index contributed by atoms with van der Waals surface area (Å²) in [5, 5.41) is 15.7. The molecule has 0 radical (unpaired) electrons. The van der Waals surface area contributed by atoms with E-state index in [1.54, 1.807) is 0 Å². The molecule has 2 aliphatic rings. The molecule has 0 spiro atoms. The average molecular weight is 212 g/mol. The highest BCUT2D eigenvalue weighted by atomic mass is 16.3. The fraction of sp³-hybridized carbons (Fsp3) is 0.909. The van der Waals surface area contributed by atoms with Crippen LogP contribution >= 0.6 is 0 Å². The number of aliphatic hydroxyl groups excluding tert-OH is 1. The summed E-state index contributed by atoms with van der Waals surface area (Å²) >= 11 is 0. The highest BCUT2D eigenvalue weighted by molar-refractivity contribution is 5.76. The molecule has 2 fully saturated rings. The number of hydrogen-bond donors (Lipinski definition) is 3. The first kappa shape index (κ1) is 10.9. The SMILES string of the molecule is O=C(CC1CCCN1)NCC(O)C1CC1. The summed E-state index contributed by atoms with van der Waals surface area (Å²) in [5.74, 6) is 0.504. The van der Waals surface area contributed by atoms with Crippen LogP contribution in [0.3, 0.4) is 0 Å². The number of carbonyl (C=O) groups excluding carboxylic acids is 1. The van der Waals surface area contributed by atoms with Gasteiger partial charge in [0.2, 0.25) is 5.91 Å². The van der Waals surface area contributed by atoms with Crippen LogP contribution in [-0.2, 0) is 4.79 Å². The fourth-order valence-electron chi connectivity index (χ4n) is 2.09. The molecule has 1 aliphatic carbocycles. The molecule has 0 aromatic carbocycles. The Balaban J connectivity index is 1.59. The maximum Gasteiger partial charge on any atom is 0.221 e. The van der Waals surface area contributed by atoms with E-state index < -0.39 is 0 Å². The zero-order chi connectivity index (χ0) is 10.7. The van der Waals surface area contributed by atoms with Crippen molar-refractivity contribution in [2.75, 3.05) is 13.1 Å². The van der Waals surface area contributed by atoms with Gasteiger partial charge in [-0.1, -0.05) is 0 Å². The molecule has 1 saturated carbocycles. The maximum absolute atomic E-state index is 11.5. The number of rotatable bonds is 5. The Morgan fingerprint density at radius 3 is 2.87 bits per heavy atom. The lowest BCUT2D eigenvalue weighted by atomic mass is 10.1. The second kappa shape index (κ2) is 4.94. The summed E-state index contributed by atoms with van der Waals surface area (Å²) in [5.41, 5.74) is 0. The normalized spacial score (nSPS) is 27.7. The van der Waals surface area contributed by atoms with Crippen molar-refractivity contribution in [2.45, 2.75) is 44.2 Å². The smallest absolute Gasteiger partial charge is 0.221 e. The van der Waals surface area contributed by atoms with Crippen LogP contribution in [0.2, 0.25) is 0 Å². The Hall–Kier alpha value is -0.610. The molecule has 2 unspecified atom stereocenters. The molecule has 0 aromatic rings. The molecule has 15 heavy (non-hydrogen) atoms. The number of hydrogen-bond acceptors (Lipinski definition) is 3. The summed E-state index contributed by atoms with van der Waals surface area (Å²) < 4.78 is 0. The van der Waals surface area contributed by atoms with E-state index in [1.807, 2.05) is 0 Å². The van der Waals surface area contributed by atoms with Crippen LogP contribution in [-0.4, -0.2) is 36.2 Å². The maximum atomic E-state index is 11.5. The standard InChI is InChI=1S/C11H20N2O2/c14-10(8-3-4-8)7-13-11(15)6-9-2-1-5-12-9/h8-10,12,14H,1-7H2,(H,13,15). The number of amides is 1. The molecule has 4 heteroatoms. The van der Waals surface area contributed by atoms with Gasteiger partial charge in [-0.05, 0) is 38.1 Å². The van der Waals surface area contributed by atoms with E-state index in [4.69, 9.17) is 0 Å². The van der Waals surface area contributed by atoms with Crippen LogP contribution in [0.4, 0.5) is 0 Å². The van der Waals surface area contributed by atoms with Crippen molar-refractivity contribution in [3.63, 3.8) is 0 Å². The number of carbonyl (C=O) groups is 1. The van der Waals surface area contributed by atoms with Crippen molar-refractivity contribution in [3.05, 3.63) is 0 Å². The molecule has 0 aromatic heterocycles. The lowest BCUT2D eigenvalue weighted by molar-refractivity contribution is -0.122. The van der Waals surface area contributed by atoms with Crippen molar-refractivity contribution in [1.29, 1.82) is 0 Å². The lowest BCUT2D eigenvalue weighted by Gasteiger charge is -2.13. The summed E-state index contributed by atoms with van der Waals surface area (Å²) in [7, 11) is 0. The molecule has 2 rings (SSSR count). The minimum Gasteiger partial charge on any atom is -0.391 e. The lowest BCUT2D eigenvalue weighted by Crippen LogP contribution is -2.36. The quantitative estimate of drug-likeness (QED) is 0.602. The molecular weight excluding hydrogens is 192 g/mol. The zero-order valence-corrected chi connectivity index (χ0v) is 9.04. The van der Waals surface area contributed by atoms with E-state index in [0.29, 0.717) is 24.9 Å². The Morgan fingerprint density at radius 1 is 1.47 bits per heavy atom. The van der Waals surface area contributed by atoms with Gasteiger partial charge in [-0.3, -0.25) is 4.79 Å². The topological polar surface area (TPSA) is 61.4 Å². The second-order valence-electron chi connectivity index (χ2n) is 4.71. The third-order valence-corrected chi connectivity index (χ3v) is 3.27. The van der Waals surface area contributed by atoms with Gasteiger partial charge in [-0.2, -0.15) is 0 Å². The summed E-state index contributed by atoms with van der Waals surface area (Å²) in [4.78, 5) is 11.5. The van der Waals surface area contributed by atoms with Crippen molar-refractivity contribution in [3.8, 4) is 0 Å². The zero-order valence-electron chi connectivity index (χ0n) is 9.04. The van der Waals surface area contributed by atoms with Gasteiger partial charge in [0.05, 0.1) is 6.10 Å². The monoisotopic (exact) mass is 212 g/mol. The van der Waals surface area contributed by atoms with Gasteiger partial charge in [0.1, 0.15) is 0 Å². The van der Waals surface area contributed by atoms with Crippen molar-refractivity contribution in [1.82, 2.24) is 10.6 Å². The van der Waals surface area contributed by atoms with Gasteiger partial charge >= 0.3 is 0 Å². The number of aliphatic hydroxyl groups is 1. The molecule has 86 valence electrons. The van der Waals surface area contributed by atoms with E-state index in [9.17, 15) is 9.90 Å². The van der Waals surface area contributed by atoms with E-state index >= 15 is 0 Å². The second-order valence-corrected chi connectivity index (χ2v) is 4.71. The summed E-state index contributed by atoms with van der Waals surface area (Å²) in [6.07, 6.45) is 4.71. The van der Waals surface area contributed by atoms with Gasteiger partial charge in [0.15, 0.2) is 0 Å². The van der Waals surface area contributed by atoms with Crippen LogP contribution in [0.5, 0.6) is 0 Å². The van der Waals surface area contributed by atoms with Gasteiger partial charge in [0.25, 0.3) is 0 Å². The van der Waals surface area contributed by atoms with Gasteiger partial charge < -0.3 is 15.7 Å². The van der Waals surface area contributed by atoms with Crippen LogP contribution < -0.4 is 10.6 Å². The van der Waals surface area contributed by atoms with E-state index in [1.165, 1.54) is 6.42 Å². The molecule has 1 amide bonds. The average Bonchev–Trinajstić information content (AvgIpc) is 2.95. The van der Waals surface area contributed by atoms with Crippen LogP contribution in [0.1, 0.15) is 32.1 Å². The third kappa shape index (κ3) is 3.47. The molecule has 0 bridgehead atoms. The highest BCUT2D eigenvalue weighted by Crippen LogP contribution is 2.32. The highest BCUT2D eigenvalue weighted by Gasteiger charge is 2.29. The van der Waals surface area contributed by atoms with Gasteiger partial charge in [0, 0.05) is 19.0 Å². The Kier molecular flexibility index (Phi) is 3.59. The first-order valence-corrected chi connectivity index (χ1v) is 5.94. The predicted molar refractivity (Wildman–Crippen MR) is 57.4 cm³/mol. The van der Waals surface area contributed by atoms with Crippen molar-refractivity contribution < 1.29 is 9.90 Å². The minimum absolute atomic E-state index is 0.0640. The Bertz CT molecular complexity index is 223. The van der Waals surface area contributed by atoms with E-state index in [-0.39, 0.29) is 12.0 Å². The molecule has 1 saturated heterocycles. The first-order valence-electron chi connectivity index (χ1n) is 5.94. The van der Waals surface area contributed by atoms with Crippen LogP contribution in [0, 0.1) is 5.92 Å². The Morgan fingerprint density at radius 2 is 2.27 bits per heavy atom. The summed E-state index contributed by atoms with van der Waals surface area (Å²) in [6.45, 7) is 1.46. The molecule has 1 aliphatic heterocycles. The molecule has 4 nitrogen and oxygen atoms in total. The predicted octanol–water partition coefficient (Wildman–Crippen LogP) is 0.0156. The van der Waals surface area contributed by atoms with E-state index in [0.717, 1.165) is 25.8 Å². The van der Waals surface area contributed by atoms with Crippen LogP contribution in [0.15, 0.2) is 0 Å². The third-order valence-electron chi connectivity index (χ3n) is 3.27. The van der Waals surface area contributed by atoms with Gasteiger partial charge in [-0.25, -0.2) is 0 Å². The molecule has 2 atom stereocenters. The van der Waals surface area contributed by atoms with Gasteiger partial charge in [-0.15, -0.1) is 0 Å². The van der Waals surface area contributed by atoms with Crippen LogP contribution in [0.25, 0.3) is 0 Å². The summed E-state index contributed by atoms with van der Waals surface area (Å²) in [6, 6.07) is 0.350. The first-order chi connectivity index (χ1) is 7.25. The Labute approximate surface area is 90.4 Å². The molecule has 3 N–H and O–H groups in total. The number of nitrogens with one attached hydrogen (secondary N) is 2.